The fourth-order valence-electron chi connectivity index (χ4n) is 9.46. The molecule has 0 saturated carbocycles. The Morgan fingerprint density at radius 2 is 0.647 bits per heavy atom. The Morgan fingerprint density at radius 3 is 1.22 bits per heavy atom. The molecule has 318 valence electrons. The lowest BCUT2D eigenvalue weighted by atomic mass is 10.0. The Morgan fingerprint density at radius 1 is 0.235 bits per heavy atom. The standard InChI is InChI=1S/C60H38N8/c1-6-19-39(20-7-1)43-33-36-52-50(38-43)49-35-34-48-47-31-16-17-32-51(47)68(54(48)53(49)67(52)46-29-14-5-15-30-46)60-65-57(42-25-12-4-13-26-42)64-59(66-60)45-28-18-27-44(37-45)58-62-55(40-21-8-2-9-22-40)61-56(63-58)41-23-10-3-11-24-41/h1-38H. The van der Waals surface area contributed by atoms with E-state index >= 15 is 0 Å². The lowest BCUT2D eigenvalue weighted by Crippen LogP contribution is -2.07. The third kappa shape index (κ3) is 6.70. The monoisotopic (exact) mass is 870 g/mol. The first kappa shape index (κ1) is 39.0. The van der Waals surface area contributed by atoms with Crippen LogP contribution in [0.15, 0.2) is 231 Å². The van der Waals surface area contributed by atoms with Crippen molar-refractivity contribution in [2.45, 2.75) is 0 Å². The molecule has 8 nitrogen and oxygen atoms in total. The van der Waals surface area contributed by atoms with Crippen molar-refractivity contribution in [2.75, 3.05) is 0 Å². The first-order valence-corrected chi connectivity index (χ1v) is 22.6. The van der Waals surface area contributed by atoms with Crippen LogP contribution in [0.3, 0.4) is 0 Å². The van der Waals surface area contributed by atoms with Crippen LogP contribution in [-0.2, 0) is 0 Å². The Labute approximate surface area is 391 Å². The maximum absolute atomic E-state index is 5.43. The minimum Gasteiger partial charge on any atom is -0.307 e. The van der Waals surface area contributed by atoms with Gasteiger partial charge in [0.25, 0.3) is 0 Å². The van der Waals surface area contributed by atoms with E-state index in [2.05, 4.69) is 130 Å². The second-order valence-electron chi connectivity index (χ2n) is 16.7. The maximum Gasteiger partial charge on any atom is 0.238 e. The van der Waals surface area contributed by atoms with Crippen LogP contribution in [0.4, 0.5) is 0 Å². The highest BCUT2D eigenvalue weighted by Gasteiger charge is 2.24. The summed E-state index contributed by atoms with van der Waals surface area (Å²) in [7, 11) is 0. The Balaban J connectivity index is 1.07. The number of hydrogen-bond acceptors (Lipinski definition) is 6. The zero-order valence-electron chi connectivity index (χ0n) is 36.5. The molecule has 8 heteroatoms. The molecule has 13 rings (SSSR count). The van der Waals surface area contributed by atoms with E-state index in [9.17, 15) is 0 Å². The lowest BCUT2D eigenvalue weighted by molar-refractivity contribution is 0.953. The molecule has 13 aromatic rings. The van der Waals surface area contributed by atoms with Crippen molar-refractivity contribution in [3.8, 4) is 79.7 Å². The molecule has 0 radical (unpaired) electrons. The van der Waals surface area contributed by atoms with Crippen molar-refractivity contribution >= 4 is 43.6 Å². The molecule has 0 aliphatic rings. The van der Waals surface area contributed by atoms with Gasteiger partial charge in [-0.2, -0.15) is 9.97 Å². The summed E-state index contributed by atoms with van der Waals surface area (Å²) in [5.74, 6) is 3.32. The third-order valence-electron chi connectivity index (χ3n) is 12.6. The first-order chi connectivity index (χ1) is 33.7. The first-order valence-electron chi connectivity index (χ1n) is 22.6. The van der Waals surface area contributed by atoms with Crippen LogP contribution in [0.5, 0.6) is 0 Å². The van der Waals surface area contributed by atoms with Gasteiger partial charge >= 0.3 is 0 Å². The van der Waals surface area contributed by atoms with Crippen molar-refractivity contribution in [1.82, 2.24) is 39.0 Å². The van der Waals surface area contributed by atoms with Crippen LogP contribution in [0.25, 0.3) is 123 Å². The van der Waals surface area contributed by atoms with E-state index in [4.69, 9.17) is 29.9 Å². The summed E-state index contributed by atoms with van der Waals surface area (Å²) in [6, 6.07) is 79.4. The van der Waals surface area contributed by atoms with Crippen LogP contribution >= 0.6 is 0 Å². The highest BCUT2D eigenvalue weighted by atomic mass is 15.2. The molecule has 0 aliphatic heterocycles. The summed E-state index contributed by atoms with van der Waals surface area (Å²) in [6.07, 6.45) is 0. The molecule has 4 aromatic heterocycles. The fourth-order valence-corrected chi connectivity index (χ4v) is 9.46. The zero-order valence-corrected chi connectivity index (χ0v) is 36.5. The van der Waals surface area contributed by atoms with Crippen molar-refractivity contribution in [1.29, 1.82) is 0 Å². The lowest BCUT2D eigenvalue weighted by Gasteiger charge is -2.13. The van der Waals surface area contributed by atoms with Gasteiger partial charge in [-0.1, -0.05) is 194 Å². The van der Waals surface area contributed by atoms with E-state index in [1.54, 1.807) is 0 Å². The highest BCUT2D eigenvalue weighted by molar-refractivity contribution is 6.24. The summed E-state index contributed by atoms with van der Waals surface area (Å²) in [5.41, 5.74) is 11.8. The normalized spacial score (nSPS) is 11.5. The molecule has 0 unspecified atom stereocenters. The number of para-hydroxylation sites is 2. The van der Waals surface area contributed by atoms with Gasteiger partial charge in [0.2, 0.25) is 5.95 Å². The fraction of sp³-hybridized carbons (Fsp3) is 0. The van der Waals surface area contributed by atoms with Crippen LogP contribution in [0.2, 0.25) is 0 Å². The van der Waals surface area contributed by atoms with Crippen molar-refractivity contribution < 1.29 is 0 Å². The van der Waals surface area contributed by atoms with Gasteiger partial charge in [0, 0.05) is 55.0 Å². The summed E-state index contributed by atoms with van der Waals surface area (Å²) in [4.78, 5) is 31.0. The van der Waals surface area contributed by atoms with E-state index in [1.165, 1.54) is 5.56 Å². The molecule has 68 heavy (non-hydrogen) atoms. The predicted molar refractivity (Wildman–Crippen MR) is 275 cm³/mol. The van der Waals surface area contributed by atoms with Gasteiger partial charge in [-0.25, -0.2) is 19.9 Å². The second kappa shape index (κ2) is 16.2. The van der Waals surface area contributed by atoms with Crippen LogP contribution in [0, 0.1) is 0 Å². The average Bonchev–Trinajstić information content (AvgIpc) is 3.95. The van der Waals surface area contributed by atoms with Gasteiger partial charge in [-0.3, -0.25) is 4.57 Å². The molecule has 0 bridgehead atoms. The number of rotatable bonds is 8. The van der Waals surface area contributed by atoms with Crippen molar-refractivity contribution in [3.63, 3.8) is 0 Å². The van der Waals surface area contributed by atoms with Crippen LogP contribution in [-0.4, -0.2) is 39.0 Å². The van der Waals surface area contributed by atoms with Gasteiger partial charge in [-0.05, 0) is 47.5 Å². The number of benzene rings is 9. The molecule has 0 N–H and O–H groups in total. The molecule has 0 aliphatic carbocycles. The van der Waals surface area contributed by atoms with E-state index in [-0.39, 0.29) is 0 Å². The van der Waals surface area contributed by atoms with E-state index < -0.39 is 0 Å². The number of hydrogen-bond donors (Lipinski definition) is 0. The molecule has 0 atom stereocenters. The van der Waals surface area contributed by atoms with Crippen LogP contribution < -0.4 is 0 Å². The van der Waals surface area contributed by atoms with Gasteiger partial charge in [0.1, 0.15) is 0 Å². The molecule has 0 spiro atoms. The number of nitrogens with zero attached hydrogens (tertiary/aromatic N) is 8. The molecule has 0 fully saturated rings. The van der Waals surface area contributed by atoms with E-state index in [0.717, 1.165) is 82.7 Å². The van der Waals surface area contributed by atoms with E-state index in [1.807, 2.05) is 109 Å². The largest absolute Gasteiger partial charge is 0.307 e. The number of aromatic nitrogens is 8. The molecule has 0 amide bonds. The third-order valence-corrected chi connectivity index (χ3v) is 12.6. The summed E-state index contributed by atoms with van der Waals surface area (Å²) < 4.78 is 4.62. The topological polar surface area (TPSA) is 87.2 Å². The highest BCUT2D eigenvalue weighted by Crippen LogP contribution is 2.43. The van der Waals surface area contributed by atoms with Gasteiger partial charge in [0.05, 0.1) is 22.1 Å². The zero-order chi connectivity index (χ0) is 45.0. The predicted octanol–water partition coefficient (Wildman–Crippen LogP) is 14.3. The quantitative estimate of drug-likeness (QED) is 0.151. The molecule has 0 saturated heterocycles. The van der Waals surface area contributed by atoms with Gasteiger partial charge in [-0.15, -0.1) is 0 Å². The Kier molecular flexibility index (Phi) is 9.31. The minimum atomic E-state index is 0.505. The number of fused-ring (bicyclic) bond motifs is 7. The second-order valence-corrected chi connectivity index (χ2v) is 16.7. The van der Waals surface area contributed by atoms with Crippen LogP contribution in [0.1, 0.15) is 0 Å². The smallest absolute Gasteiger partial charge is 0.238 e. The van der Waals surface area contributed by atoms with Crippen molar-refractivity contribution in [2.24, 2.45) is 0 Å². The molecule has 9 aromatic carbocycles. The minimum absolute atomic E-state index is 0.505. The summed E-state index contributed by atoms with van der Waals surface area (Å²) >= 11 is 0. The summed E-state index contributed by atoms with van der Waals surface area (Å²) in [5, 5.41) is 4.49. The summed E-state index contributed by atoms with van der Waals surface area (Å²) in [6.45, 7) is 0. The molecular formula is C60H38N8. The SMILES string of the molecule is c1ccc(-c2ccc3c(c2)c2ccc4c5ccccc5n(-c5nc(-c6ccccc6)nc(-c6cccc(-c7nc(-c8ccccc8)nc(-c8ccccc8)n7)c6)n5)c4c2n3-c2ccccc2)cc1. The van der Waals surface area contributed by atoms with Gasteiger partial charge < -0.3 is 4.57 Å². The maximum atomic E-state index is 5.43. The van der Waals surface area contributed by atoms with Crippen molar-refractivity contribution in [3.05, 3.63) is 231 Å². The molecular weight excluding hydrogens is 833 g/mol. The van der Waals surface area contributed by atoms with Gasteiger partial charge in [0.15, 0.2) is 29.1 Å². The molecule has 4 heterocycles. The Hall–Kier alpha value is -9.40. The Bertz CT molecular complexity index is 3940. The average molecular weight is 871 g/mol. The van der Waals surface area contributed by atoms with E-state index in [0.29, 0.717) is 35.1 Å².